The summed E-state index contributed by atoms with van der Waals surface area (Å²) in [7, 11) is 0. The van der Waals surface area contributed by atoms with E-state index >= 15 is 0 Å². The van der Waals surface area contributed by atoms with Crippen LogP contribution >= 0.6 is 22.9 Å². The molecule has 0 fully saturated rings. The third kappa shape index (κ3) is 5.56. The predicted octanol–water partition coefficient (Wildman–Crippen LogP) is 5.29. The first kappa shape index (κ1) is 19.9. The minimum absolute atomic E-state index is 0.240. The molecule has 4 nitrogen and oxygen atoms in total. The Balaban J connectivity index is 1.65. The Bertz CT molecular complexity index is 1050. The van der Waals surface area contributed by atoms with Crippen molar-refractivity contribution in [2.45, 2.75) is 19.4 Å². The molecule has 0 saturated heterocycles. The van der Waals surface area contributed by atoms with Gasteiger partial charge in [0, 0.05) is 16.7 Å². The number of halogens is 2. The van der Waals surface area contributed by atoms with Gasteiger partial charge in [-0.15, -0.1) is 0 Å². The fourth-order valence-corrected chi connectivity index (χ4v) is 2.97. The molecule has 0 aliphatic carbocycles. The molecule has 0 aliphatic rings. The molecule has 3 aromatic rings. The van der Waals surface area contributed by atoms with Gasteiger partial charge in [-0.25, -0.2) is 9.37 Å². The minimum atomic E-state index is -0.760. The molecule has 1 N–H and O–H groups in total. The van der Waals surface area contributed by atoms with E-state index in [1.54, 1.807) is 56.4 Å². The molecule has 3 rings (SSSR count). The predicted molar refractivity (Wildman–Crippen MR) is 108 cm³/mol. The van der Waals surface area contributed by atoms with Crippen LogP contribution in [0, 0.1) is 17.7 Å². The van der Waals surface area contributed by atoms with Crippen molar-refractivity contribution in [3.8, 4) is 22.8 Å². The first-order chi connectivity index (χ1) is 13.3. The smallest absolute Gasteiger partial charge is 0.279 e. The van der Waals surface area contributed by atoms with Crippen molar-refractivity contribution in [3.05, 3.63) is 76.0 Å². The highest BCUT2D eigenvalue weighted by atomic mass is 35.5. The van der Waals surface area contributed by atoms with Gasteiger partial charge >= 0.3 is 0 Å². The van der Waals surface area contributed by atoms with Crippen molar-refractivity contribution in [2.75, 3.05) is 0 Å². The number of ether oxygens (including phenoxy) is 1. The van der Waals surface area contributed by atoms with Gasteiger partial charge in [-0.1, -0.05) is 40.8 Å². The molecule has 1 heterocycles. The molecule has 28 heavy (non-hydrogen) atoms. The highest BCUT2D eigenvalue weighted by Crippen LogP contribution is 2.26. The van der Waals surface area contributed by atoms with Crippen LogP contribution in [0.5, 0.6) is 10.9 Å². The Morgan fingerprint density at radius 3 is 2.71 bits per heavy atom. The number of aromatic nitrogens is 1. The summed E-state index contributed by atoms with van der Waals surface area (Å²) in [4.78, 5) is 17.1. The third-order valence-corrected chi connectivity index (χ3v) is 4.56. The molecule has 7 heteroatoms. The van der Waals surface area contributed by atoms with E-state index in [4.69, 9.17) is 16.3 Å². The lowest BCUT2D eigenvalue weighted by Gasteiger charge is -2.19. The van der Waals surface area contributed by atoms with Gasteiger partial charge in [-0.3, -0.25) is 4.79 Å². The summed E-state index contributed by atoms with van der Waals surface area (Å²) in [5.41, 5.74) is -0.257. The standard InChI is InChI=1S/C21H16ClFN2O2S/c1-21(2,25-19(26)14-6-8-15(22)9-7-14)11-10-18-13-24-20(28-18)27-17-5-3-4-16(23)12-17/h3-9,12-13H,1-2H3,(H,25,26). The number of carbonyl (C=O) groups is 1. The second kappa shape index (κ2) is 8.42. The maximum Gasteiger partial charge on any atom is 0.279 e. The molecule has 0 atom stereocenters. The van der Waals surface area contributed by atoms with Gasteiger partial charge < -0.3 is 10.1 Å². The maximum atomic E-state index is 13.2. The number of amides is 1. The zero-order chi connectivity index (χ0) is 20.1. The molecule has 142 valence electrons. The third-order valence-electron chi connectivity index (χ3n) is 3.52. The topological polar surface area (TPSA) is 51.2 Å². The van der Waals surface area contributed by atoms with Crippen molar-refractivity contribution in [1.82, 2.24) is 10.3 Å². The quantitative estimate of drug-likeness (QED) is 0.590. The molecular weight excluding hydrogens is 399 g/mol. The molecule has 0 unspecified atom stereocenters. The van der Waals surface area contributed by atoms with E-state index in [9.17, 15) is 9.18 Å². The first-order valence-corrected chi connectivity index (χ1v) is 9.51. The van der Waals surface area contributed by atoms with E-state index in [0.717, 1.165) is 0 Å². The summed E-state index contributed by atoms with van der Waals surface area (Å²) in [6, 6.07) is 12.4. The van der Waals surface area contributed by atoms with E-state index in [2.05, 4.69) is 22.1 Å². The lowest BCUT2D eigenvalue weighted by Crippen LogP contribution is -2.42. The van der Waals surface area contributed by atoms with Crippen LogP contribution < -0.4 is 10.1 Å². The molecule has 2 aromatic carbocycles. The van der Waals surface area contributed by atoms with Crippen molar-refractivity contribution < 1.29 is 13.9 Å². The van der Waals surface area contributed by atoms with Crippen LogP contribution in [0.1, 0.15) is 29.1 Å². The Morgan fingerprint density at radius 1 is 1.25 bits per heavy atom. The van der Waals surface area contributed by atoms with Gasteiger partial charge in [0.05, 0.1) is 11.7 Å². The number of nitrogens with one attached hydrogen (secondary N) is 1. The number of nitrogens with zero attached hydrogens (tertiary/aromatic N) is 1. The van der Waals surface area contributed by atoms with Crippen LogP contribution in [-0.2, 0) is 0 Å². The second-order valence-electron chi connectivity index (χ2n) is 6.39. The largest absolute Gasteiger partial charge is 0.431 e. The molecular formula is C21H16ClFN2O2S. The van der Waals surface area contributed by atoms with E-state index in [0.29, 0.717) is 26.4 Å². The summed E-state index contributed by atoms with van der Waals surface area (Å²) in [6.07, 6.45) is 1.57. The Labute approximate surface area is 171 Å². The summed E-state index contributed by atoms with van der Waals surface area (Å²) < 4.78 is 18.7. The second-order valence-corrected chi connectivity index (χ2v) is 7.82. The number of benzene rings is 2. The highest BCUT2D eigenvalue weighted by Gasteiger charge is 2.18. The monoisotopic (exact) mass is 414 g/mol. The highest BCUT2D eigenvalue weighted by molar-refractivity contribution is 7.13. The fraction of sp³-hybridized carbons (Fsp3) is 0.143. The normalized spacial score (nSPS) is 10.7. The zero-order valence-electron chi connectivity index (χ0n) is 15.1. The van der Waals surface area contributed by atoms with Gasteiger partial charge in [0.2, 0.25) is 0 Å². The van der Waals surface area contributed by atoms with Crippen LogP contribution in [-0.4, -0.2) is 16.4 Å². The van der Waals surface area contributed by atoms with Crippen molar-refractivity contribution in [3.63, 3.8) is 0 Å². The van der Waals surface area contributed by atoms with Gasteiger partial charge in [0.15, 0.2) is 0 Å². The Kier molecular flexibility index (Phi) is 5.98. The number of rotatable bonds is 4. The first-order valence-electron chi connectivity index (χ1n) is 8.31. The summed E-state index contributed by atoms with van der Waals surface area (Å²) in [5.74, 6) is 5.75. The van der Waals surface area contributed by atoms with Gasteiger partial charge in [0.25, 0.3) is 11.1 Å². The Hall–Kier alpha value is -2.88. The van der Waals surface area contributed by atoms with Crippen molar-refractivity contribution >= 4 is 28.8 Å². The van der Waals surface area contributed by atoms with E-state index in [1.165, 1.54) is 23.5 Å². The maximum absolute atomic E-state index is 13.2. The van der Waals surface area contributed by atoms with Crippen molar-refractivity contribution in [2.24, 2.45) is 0 Å². The summed E-state index contributed by atoms with van der Waals surface area (Å²) in [6.45, 7) is 3.61. The van der Waals surface area contributed by atoms with Gasteiger partial charge in [-0.05, 0) is 50.2 Å². The van der Waals surface area contributed by atoms with Gasteiger partial charge in [-0.2, -0.15) is 0 Å². The number of carbonyl (C=O) groups excluding carboxylic acids is 1. The molecule has 0 bridgehead atoms. The van der Waals surface area contributed by atoms with Crippen LogP contribution in [0.15, 0.2) is 54.7 Å². The molecule has 0 saturated carbocycles. The van der Waals surface area contributed by atoms with Gasteiger partial charge in [0.1, 0.15) is 16.4 Å². The molecule has 0 aliphatic heterocycles. The summed E-state index contributed by atoms with van der Waals surface area (Å²) in [5, 5.41) is 3.80. The molecule has 0 radical (unpaired) electrons. The molecule has 1 aromatic heterocycles. The average Bonchev–Trinajstić information content (AvgIpc) is 3.08. The van der Waals surface area contributed by atoms with Crippen molar-refractivity contribution in [1.29, 1.82) is 0 Å². The molecule has 0 spiro atoms. The number of hydrogen-bond donors (Lipinski definition) is 1. The Morgan fingerprint density at radius 2 is 2.00 bits per heavy atom. The van der Waals surface area contributed by atoms with Crippen LogP contribution in [0.25, 0.3) is 0 Å². The number of thiazole rings is 1. The van der Waals surface area contributed by atoms with Crippen LogP contribution in [0.4, 0.5) is 4.39 Å². The van der Waals surface area contributed by atoms with Crippen LogP contribution in [0.3, 0.4) is 0 Å². The van der Waals surface area contributed by atoms with E-state index in [-0.39, 0.29) is 11.7 Å². The zero-order valence-corrected chi connectivity index (χ0v) is 16.7. The van der Waals surface area contributed by atoms with E-state index in [1.807, 2.05) is 0 Å². The van der Waals surface area contributed by atoms with E-state index < -0.39 is 5.54 Å². The van der Waals surface area contributed by atoms with Crippen LogP contribution in [0.2, 0.25) is 5.02 Å². The summed E-state index contributed by atoms with van der Waals surface area (Å²) >= 11 is 7.07. The fourth-order valence-electron chi connectivity index (χ4n) is 2.20. The lowest BCUT2D eigenvalue weighted by atomic mass is 10.1. The number of hydrogen-bond acceptors (Lipinski definition) is 4. The average molecular weight is 415 g/mol. The SMILES string of the molecule is CC(C)(C#Cc1cnc(Oc2cccc(F)c2)s1)NC(=O)c1ccc(Cl)cc1. The minimum Gasteiger partial charge on any atom is -0.431 e. The molecule has 1 amide bonds. The lowest BCUT2D eigenvalue weighted by molar-refractivity contribution is 0.0930.